The lowest BCUT2D eigenvalue weighted by Crippen LogP contribution is -2.41. The fourth-order valence-electron chi connectivity index (χ4n) is 3.77. The first-order valence-corrected chi connectivity index (χ1v) is 12.6. The molecular weight excluding hydrogens is 432 g/mol. The maximum Gasteiger partial charge on any atom is 0.256 e. The Labute approximate surface area is 188 Å². The van der Waals surface area contributed by atoms with E-state index in [1.54, 1.807) is 6.07 Å². The molecule has 0 saturated carbocycles. The summed E-state index contributed by atoms with van der Waals surface area (Å²) in [6, 6.07) is 4.43. The minimum Gasteiger partial charge on any atom is -0.379 e. The maximum atomic E-state index is 13.1. The van der Waals surface area contributed by atoms with E-state index in [9.17, 15) is 18.0 Å². The molecule has 10 heteroatoms. The predicted molar refractivity (Wildman–Crippen MR) is 124 cm³/mol. The molecule has 3 rings (SSSR count). The lowest BCUT2D eigenvalue weighted by atomic mass is 10.1. The fraction of sp³-hybridized carbons (Fsp3) is 0.545. The van der Waals surface area contributed by atoms with Gasteiger partial charge in [0.1, 0.15) is 5.56 Å². The predicted octanol–water partition coefficient (Wildman–Crippen LogP) is 1.40. The highest BCUT2D eigenvalue weighted by Gasteiger charge is 2.24. The van der Waals surface area contributed by atoms with Crippen LogP contribution in [0.5, 0.6) is 0 Å². The van der Waals surface area contributed by atoms with Crippen molar-refractivity contribution in [3.63, 3.8) is 0 Å². The fourth-order valence-corrected chi connectivity index (χ4v) is 5.43. The van der Waals surface area contributed by atoms with E-state index >= 15 is 0 Å². The second kappa shape index (κ2) is 11.0. The number of rotatable bonds is 10. The topological polar surface area (TPSA) is 112 Å². The number of H-pyrrole nitrogens is 1. The first-order valence-electron chi connectivity index (χ1n) is 11.1. The van der Waals surface area contributed by atoms with Gasteiger partial charge in [0.25, 0.3) is 5.91 Å². The largest absolute Gasteiger partial charge is 0.379 e. The van der Waals surface area contributed by atoms with Gasteiger partial charge in [0.05, 0.1) is 18.1 Å². The lowest BCUT2D eigenvalue weighted by molar-refractivity contribution is 0.0383. The highest BCUT2D eigenvalue weighted by Crippen LogP contribution is 2.20. The Morgan fingerprint density at radius 1 is 1.19 bits per heavy atom. The van der Waals surface area contributed by atoms with Crippen LogP contribution >= 0.6 is 0 Å². The quantitative estimate of drug-likeness (QED) is 0.550. The van der Waals surface area contributed by atoms with Crippen LogP contribution in [0.3, 0.4) is 0 Å². The number of benzene rings is 1. The molecule has 2 heterocycles. The zero-order valence-corrected chi connectivity index (χ0v) is 19.5. The molecule has 1 aliphatic heterocycles. The summed E-state index contributed by atoms with van der Waals surface area (Å²) in [5, 5.41) is 2.96. The van der Waals surface area contributed by atoms with Crippen LogP contribution in [0, 0.1) is 0 Å². The van der Waals surface area contributed by atoms with Crippen molar-refractivity contribution in [3.05, 3.63) is 40.2 Å². The van der Waals surface area contributed by atoms with E-state index in [1.807, 2.05) is 13.8 Å². The molecule has 1 fully saturated rings. The molecule has 1 aromatic carbocycles. The minimum atomic E-state index is -3.73. The van der Waals surface area contributed by atoms with Crippen molar-refractivity contribution in [3.8, 4) is 0 Å². The normalized spacial score (nSPS) is 15.3. The second-order valence-corrected chi connectivity index (χ2v) is 9.79. The van der Waals surface area contributed by atoms with Crippen LogP contribution in [0.15, 0.2) is 34.1 Å². The zero-order valence-electron chi connectivity index (χ0n) is 18.7. The Balaban J connectivity index is 1.82. The van der Waals surface area contributed by atoms with E-state index in [-0.39, 0.29) is 15.8 Å². The Morgan fingerprint density at radius 2 is 1.88 bits per heavy atom. The first-order chi connectivity index (χ1) is 15.4. The number of carbonyl (C=O) groups excluding carboxylic acids is 1. The highest BCUT2D eigenvalue weighted by molar-refractivity contribution is 7.89. The number of amides is 1. The molecule has 0 bridgehead atoms. The summed E-state index contributed by atoms with van der Waals surface area (Å²) in [6.07, 6.45) is 2.77. The summed E-state index contributed by atoms with van der Waals surface area (Å²) < 4.78 is 32.9. The third-order valence-electron chi connectivity index (χ3n) is 5.50. The third-order valence-corrected chi connectivity index (χ3v) is 7.39. The van der Waals surface area contributed by atoms with E-state index in [1.165, 1.54) is 22.6 Å². The van der Waals surface area contributed by atoms with Gasteiger partial charge in [-0.05, 0) is 31.0 Å². The summed E-state index contributed by atoms with van der Waals surface area (Å²) in [5.41, 5.74) is -0.0402. The van der Waals surface area contributed by atoms with E-state index in [2.05, 4.69) is 15.2 Å². The number of pyridine rings is 1. The number of aromatic nitrogens is 1. The van der Waals surface area contributed by atoms with Crippen LogP contribution in [-0.2, 0) is 14.8 Å². The SMILES string of the molecule is CCCN(CCC)S(=O)(=O)c1ccc2[nH]cc(C(=O)NCCN3CCOCC3)c(=O)c2c1. The van der Waals surface area contributed by atoms with Gasteiger partial charge in [0.2, 0.25) is 15.5 Å². The Bertz CT molecular complexity index is 1090. The summed E-state index contributed by atoms with van der Waals surface area (Å²) >= 11 is 0. The molecule has 0 radical (unpaired) electrons. The smallest absolute Gasteiger partial charge is 0.256 e. The molecule has 9 nitrogen and oxygen atoms in total. The molecule has 0 unspecified atom stereocenters. The van der Waals surface area contributed by atoms with Crippen LogP contribution in [0.1, 0.15) is 37.0 Å². The number of hydrogen-bond acceptors (Lipinski definition) is 6. The molecule has 0 aliphatic carbocycles. The molecule has 32 heavy (non-hydrogen) atoms. The van der Waals surface area contributed by atoms with E-state index in [0.717, 1.165) is 13.1 Å². The average molecular weight is 465 g/mol. The van der Waals surface area contributed by atoms with E-state index in [0.29, 0.717) is 57.8 Å². The third kappa shape index (κ3) is 5.55. The number of nitrogens with one attached hydrogen (secondary N) is 2. The molecule has 2 aromatic rings. The van der Waals surface area contributed by atoms with Crippen LogP contribution < -0.4 is 10.7 Å². The number of morpholine rings is 1. The van der Waals surface area contributed by atoms with Crippen molar-refractivity contribution in [1.82, 2.24) is 19.5 Å². The lowest BCUT2D eigenvalue weighted by Gasteiger charge is -2.26. The Morgan fingerprint density at radius 3 is 2.53 bits per heavy atom. The van der Waals surface area contributed by atoms with Crippen molar-refractivity contribution in [1.29, 1.82) is 0 Å². The number of fused-ring (bicyclic) bond motifs is 1. The summed E-state index contributed by atoms with van der Waals surface area (Å²) in [7, 11) is -3.73. The molecule has 0 spiro atoms. The van der Waals surface area contributed by atoms with Crippen molar-refractivity contribution in [2.75, 3.05) is 52.5 Å². The Hall–Kier alpha value is -2.27. The summed E-state index contributed by atoms with van der Waals surface area (Å²) in [5.74, 6) is -0.478. The average Bonchev–Trinajstić information content (AvgIpc) is 2.79. The van der Waals surface area contributed by atoms with E-state index < -0.39 is 21.4 Å². The van der Waals surface area contributed by atoms with Crippen LogP contribution in [0.4, 0.5) is 0 Å². The second-order valence-electron chi connectivity index (χ2n) is 7.85. The van der Waals surface area contributed by atoms with Gasteiger partial charge in [-0.25, -0.2) is 8.42 Å². The highest BCUT2D eigenvalue weighted by atomic mass is 32.2. The number of ether oxygens (including phenoxy) is 1. The first kappa shape index (κ1) is 24.4. The summed E-state index contributed by atoms with van der Waals surface area (Å²) in [4.78, 5) is 30.8. The van der Waals surface area contributed by atoms with Crippen LogP contribution in [0.2, 0.25) is 0 Å². The van der Waals surface area contributed by atoms with Crippen LogP contribution in [-0.4, -0.2) is 81.0 Å². The van der Waals surface area contributed by atoms with Crippen molar-refractivity contribution in [2.24, 2.45) is 0 Å². The molecule has 1 aromatic heterocycles. The number of sulfonamides is 1. The standard InChI is InChI=1S/C22H32N4O5S/c1-3-8-26(9-4-2)32(29,30)17-5-6-20-18(15-17)21(27)19(16-24-20)22(28)23-7-10-25-11-13-31-14-12-25/h5-6,15-16H,3-4,7-14H2,1-2H3,(H,23,28)(H,24,27). The number of aromatic amines is 1. The molecular formula is C22H32N4O5S. The van der Waals surface area contributed by atoms with Crippen molar-refractivity contribution >= 4 is 26.8 Å². The van der Waals surface area contributed by atoms with Gasteiger partial charge in [0.15, 0.2) is 0 Å². The number of carbonyl (C=O) groups is 1. The number of nitrogens with zero attached hydrogens (tertiary/aromatic N) is 2. The molecule has 1 saturated heterocycles. The van der Waals surface area contributed by atoms with Gasteiger partial charge in [-0.3, -0.25) is 14.5 Å². The van der Waals surface area contributed by atoms with Gasteiger partial charge in [-0.2, -0.15) is 4.31 Å². The van der Waals surface area contributed by atoms with Gasteiger partial charge in [-0.15, -0.1) is 0 Å². The maximum absolute atomic E-state index is 13.1. The molecule has 176 valence electrons. The molecule has 0 atom stereocenters. The molecule has 1 amide bonds. The molecule has 1 aliphatic rings. The number of hydrogen-bond donors (Lipinski definition) is 2. The van der Waals surface area contributed by atoms with Crippen molar-refractivity contribution < 1.29 is 17.9 Å². The van der Waals surface area contributed by atoms with Gasteiger partial charge >= 0.3 is 0 Å². The monoisotopic (exact) mass is 464 g/mol. The van der Waals surface area contributed by atoms with Gasteiger partial charge in [0, 0.05) is 56.4 Å². The van der Waals surface area contributed by atoms with Crippen LogP contribution in [0.25, 0.3) is 10.9 Å². The minimum absolute atomic E-state index is 0.0343. The molecule has 2 N–H and O–H groups in total. The van der Waals surface area contributed by atoms with Crippen molar-refractivity contribution in [2.45, 2.75) is 31.6 Å². The summed E-state index contributed by atoms with van der Waals surface area (Å²) in [6.45, 7) is 8.75. The van der Waals surface area contributed by atoms with Gasteiger partial charge < -0.3 is 15.0 Å². The zero-order chi connectivity index (χ0) is 23.1. The van der Waals surface area contributed by atoms with E-state index in [4.69, 9.17) is 4.74 Å². The van der Waals surface area contributed by atoms with Gasteiger partial charge in [-0.1, -0.05) is 13.8 Å². The Kier molecular flexibility index (Phi) is 8.41.